The van der Waals surface area contributed by atoms with Gasteiger partial charge in [-0.1, -0.05) is 6.07 Å². The van der Waals surface area contributed by atoms with Crippen LogP contribution in [-0.2, 0) is 20.7 Å². The van der Waals surface area contributed by atoms with Gasteiger partial charge in [0, 0.05) is 19.0 Å². The molecule has 1 saturated carbocycles. The molecule has 28 heavy (non-hydrogen) atoms. The van der Waals surface area contributed by atoms with Crippen LogP contribution in [0.2, 0.25) is 0 Å². The third kappa shape index (κ3) is 4.75. The third-order valence-corrected chi connectivity index (χ3v) is 5.29. The highest BCUT2D eigenvalue weighted by atomic mass is 19.1. The molecule has 0 aromatic heterocycles. The van der Waals surface area contributed by atoms with Gasteiger partial charge in [-0.3, -0.25) is 4.79 Å². The summed E-state index contributed by atoms with van der Waals surface area (Å²) in [5, 5.41) is 0. The van der Waals surface area contributed by atoms with Crippen LogP contribution in [0.1, 0.15) is 39.2 Å². The summed E-state index contributed by atoms with van der Waals surface area (Å²) >= 11 is 0. The molecular formula is C21H28FNO5. The van der Waals surface area contributed by atoms with Gasteiger partial charge in [0.25, 0.3) is 0 Å². The van der Waals surface area contributed by atoms with E-state index < -0.39 is 11.4 Å². The van der Waals surface area contributed by atoms with Crippen molar-refractivity contribution in [3.63, 3.8) is 0 Å². The lowest BCUT2D eigenvalue weighted by Crippen LogP contribution is -2.37. The van der Waals surface area contributed by atoms with Crippen molar-refractivity contribution >= 4 is 12.1 Å². The van der Waals surface area contributed by atoms with E-state index in [-0.39, 0.29) is 36.3 Å². The summed E-state index contributed by atoms with van der Waals surface area (Å²) in [5.41, 5.74) is 0.00790. The lowest BCUT2D eigenvalue weighted by atomic mass is 9.99. The minimum Gasteiger partial charge on any atom is -0.494 e. The lowest BCUT2D eigenvalue weighted by Gasteiger charge is -2.25. The maximum atomic E-state index is 13.8. The summed E-state index contributed by atoms with van der Waals surface area (Å²) in [6, 6.07) is 4.44. The van der Waals surface area contributed by atoms with Crippen LogP contribution in [0.5, 0.6) is 5.75 Å². The number of benzene rings is 1. The van der Waals surface area contributed by atoms with Gasteiger partial charge in [-0.25, -0.2) is 9.18 Å². The number of fused-ring (bicyclic) bond motifs is 1. The predicted octanol–water partition coefficient (Wildman–Crippen LogP) is 3.57. The second-order valence-electron chi connectivity index (χ2n) is 8.56. The van der Waals surface area contributed by atoms with Gasteiger partial charge < -0.3 is 19.1 Å². The van der Waals surface area contributed by atoms with E-state index in [9.17, 15) is 14.0 Å². The molecule has 1 aromatic carbocycles. The Balaban J connectivity index is 1.55. The normalized spacial score (nSPS) is 24.0. The van der Waals surface area contributed by atoms with Crippen LogP contribution in [0.4, 0.5) is 9.18 Å². The molecule has 1 aromatic rings. The number of hydrogen-bond donors (Lipinski definition) is 0. The molecule has 0 spiro atoms. The standard InChI is InChI=1S/C21H28FNO5/c1-21(2,3)28-20(25)23-11-14-6-8-17(15(14)12-23)27-19(24)10-13-5-7-18(26-4)16(22)9-13/h5,7,9,14-15,17H,6,8,10-12H2,1-4H3/t14-,15-,17-/m1/s1. The molecule has 0 bridgehead atoms. The molecule has 0 N–H and O–H groups in total. The fourth-order valence-corrected chi connectivity index (χ4v) is 4.03. The Morgan fingerprint density at radius 2 is 1.96 bits per heavy atom. The van der Waals surface area contributed by atoms with Crippen molar-refractivity contribution in [1.82, 2.24) is 4.90 Å². The highest BCUT2D eigenvalue weighted by molar-refractivity contribution is 5.73. The second-order valence-corrected chi connectivity index (χ2v) is 8.56. The molecule has 6 nitrogen and oxygen atoms in total. The molecule has 154 valence electrons. The fourth-order valence-electron chi connectivity index (χ4n) is 4.03. The lowest BCUT2D eigenvalue weighted by molar-refractivity contribution is -0.150. The van der Waals surface area contributed by atoms with E-state index in [0.29, 0.717) is 24.6 Å². The number of hydrogen-bond acceptors (Lipinski definition) is 5. The SMILES string of the molecule is COc1ccc(CC(=O)O[C@@H]2CC[C@@H]3CN(C(=O)OC(C)(C)C)C[C@H]32)cc1F. The van der Waals surface area contributed by atoms with E-state index in [2.05, 4.69) is 0 Å². The topological polar surface area (TPSA) is 65.1 Å². The van der Waals surface area contributed by atoms with E-state index in [4.69, 9.17) is 14.2 Å². The summed E-state index contributed by atoms with van der Waals surface area (Å²) in [5.74, 6) is -0.291. The van der Waals surface area contributed by atoms with E-state index in [1.807, 2.05) is 20.8 Å². The molecule has 0 unspecified atom stereocenters. The summed E-state index contributed by atoms with van der Waals surface area (Å²) in [7, 11) is 1.39. The number of methoxy groups -OCH3 is 1. The Bertz CT molecular complexity index is 745. The number of amides is 1. The smallest absolute Gasteiger partial charge is 0.410 e. The van der Waals surface area contributed by atoms with E-state index >= 15 is 0 Å². The van der Waals surface area contributed by atoms with Gasteiger partial charge in [-0.15, -0.1) is 0 Å². The number of halogens is 1. The van der Waals surface area contributed by atoms with E-state index in [1.165, 1.54) is 19.2 Å². The maximum Gasteiger partial charge on any atom is 0.410 e. The Labute approximate surface area is 164 Å². The van der Waals surface area contributed by atoms with Crippen LogP contribution < -0.4 is 4.74 Å². The van der Waals surface area contributed by atoms with E-state index in [1.54, 1.807) is 11.0 Å². The first kappa shape index (κ1) is 20.4. The molecule has 1 amide bonds. The number of nitrogens with zero attached hydrogens (tertiary/aromatic N) is 1. The van der Waals surface area contributed by atoms with Crippen molar-refractivity contribution in [2.75, 3.05) is 20.2 Å². The van der Waals surface area contributed by atoms with Crippen molar-refractivity contribution in [2.45, 2.75) is 51.7 Å². The van der Waals surface area contributed by atoms with Crippen molar-refractivity contribution in [3.8, 4) is 5.75 Å². The summed E-state index contributed by atoms with van der Waals surface area (Å²) < 4.78 is 29.8. The molecule has 2 aliphatic rings. The number of carbonyl (C=O) groups is 2. The number of esters is 1. The van der Waals surface area contributed by atoms with Gasteiger partial charge in [0.15, 0.2) is 11.6 Å². The number of likely N-dealkylation sites (tertiary alicyclic amines) is 1. The quantitative estimate of drug-likeness (QED) is 0.732. The molecule has 7 heteroatoms. The van der Waals surface area contributed by atoms with Gasteiger partial charge in [-0.05, 0) is 57.2 Å². The van der Waals surface area contributed by atoms with Gasteiger partial charge >= 0.3 is 12.1 Å². The first-order valence-corrected chi connectivity index (χ1v) is 9.66. The first-order chi connectivity index (χ1) is 13.2. The number of ether oxygens (including phenoxy) is 3. The largest absolute Gasteiger partial charge is 0.494 e. The molecule has 3 rings (SSSR count). The average molecular weight is 393 g/mol. The van der Waals surface area contributed by atoms with Crippen LogP contribution in [0.25, 0.3) is 0 Å². The molecule has 0 radical (unpaired) electrons. The molecule has 1 saturated heterocycles. The molecule has 1 aliphatic carbocycles. The Kier molecular flexibility index (Phi) is 5.82. The van der Waals surface area contributed by atoms with Crippen molar-refractivity contribution in [1.29, 1.82) is 0 Å². The molecule has 1 aliphatic heterocycles. The minimum atomic E-state index is -0.533. The van der Waals surface area contributed by atoms with Gasteiger partial charge in [0.1, 0.15) is 11.7 Å². The Hall–Kier alpha value is -2.31. The number of rotatable bonds is 4. The molecular weight excluding hydrogens is 365 g/mol. The maximum absolute atomic E-state index is 13.8. The first-order valence-electron chi connectivity index (χ1n) is 9.66. The monoisotopic (exact) mass is 393 g/mol. The van der Waals surface area contributed by atoms with Crippen LogP contribution in [0.15, 0.2) is 18.2 Å². The number of carbonyl (C=O) groups excluding carboxylic acids is 2. The van der Waals surface area contributed by atoms with Gasteiger partial charge in [0.2, 0.25) is 0 Å². The summed E-state index contributed by atoms with van der Waals surface area (Å²) in [6.07, 6.45) is 1.18. The van der Waals surface area contributed by atoms with Crippen molar-refractivity contribution in [2.24, 2.45) is 11.8 Å². The van der Waals surface area contributed by atoms with Crippen molar-refractivity contribution < 1.29 is 28.2 Å². The Morgan fingerprint density at radius 1 is 1.21 bits per heavy atom. The Morgan fingerprint density at radius 3 is 2.61 bits per heavy atom. The zero-order valence-electron chi connectivity index (χ0n) is 16.9. The predicted molar refractivity (Wildman–Crippen MR) is 101 cm³/mol. The van der Waals surface area contributed by atoms with Crippen LogP contribution in [0.3, 0.4) is 0 Å². The highest BCUT2D eigenvalue weighted by Gasteiger charge is 2.46. The second kappa shape index (κ2) is 7.97. The average Bonchev–Trinajstić information content (AvgIpc) is 3.15. The summed E-state index contributed by atoms with van der Waals surface area (Å²) in [6.45, 7) is 6.70. The van der Waals surface area contributed by atoms with Crippen LogP contribution in [-0.4, -0.2) is 48.9 Å². The zero-order chi connectivity index (χ0) is 20.5. The highest BCUT2D eigenvalue weighted by Crippen LogP contribution is 2.40. The zero-order valence-corrected chi connectivity index (χ0v) is 16.9. The van der Waals surface area contributed by atoms with Crippen molar-refractivity contribution in [3.05, 3.63) is 29.6 Å². The van der Waals surface area contributed by atoms with Gasteiger partial charge in [-0.2, -0.15) is 0 Å². The summed E-state index contributed by atoms with van der Waals surface area (Å²) in [4.78, 5) is 26.3. The molecule has 1 heterocycles. The van der Waals surface area contributed by atoms with Gasteiger partial charge in [0.05, 0.1) is 13.5 Å². The third-order valence-electron chi connectivity index (χ3n) is 5.29. The van der Waals surface area contributed by atoms with Crippen LogP contribution >= 0.6 is 0 Å². The van der Waals surface area contributed by atoms with Crippen LogP contribution in [0, 0.1) is 17.7 Å². The fraction of sp³-hybridized carbons (Fsp3) is 0.619. The van der Waals surface area contributed by atoms with E-state index in [0.717, 1.165) is 12.8 Å². The molecule has 2 fully saturated rings. The molecule has 3 atom stereocenters. The minimum absolute atomic E-state index is 0.00454.